The summed E-state index contributed by atoms with van der Waals surface area (Å²) in [6.07, 6.45) is 0.733. The van der Waals surface area contributed by atoms with Gasteiger partial charge in [0.1, 0.15) is 11.3 Å². The lowest BCUT2D eigenvalue weighted by atomic mass is 10.1. The lowest BCUT2D eigenvalue weighted by Crippen LogP contribution is -2.20. The first kappa shape index (κ1) is 17.8. The second kappa shape index (κ2) is 7.56. The minimum Gasteiger partial charge on any atom is -0.484 e. The van der Waals surface area contributed by atoms with Gasteiger partial charge in [-0.1, -0.05) is 37.3 Å². The zero-order valence-corrected chi connectivity index (χ0v) is 15.4. The Kier molecular flexibility index (Phi) is 4.81. The van der Waals surface area contributed by atoms with E-state index in [1.54, 1.807) is 12.1 Å². The van der Waals surface area contributed by atoms with Gasteiger partial charge in [-0.05, 0) is 47.0 Å². The normalized spacial score (nSPS) is 10.9. The van der Waals surface area contributed by atoms with Crippen LogP contribution < -0.4 is 15.7 Å². The summed E-state index contributed by atoms with van der Waals surface area (Å²) in [5, 5.41) is 5.87. The number of benzene rings is 3. The number of aryl methyl sites for hydroxylation is 1. The third-order valence-electron chi connectivity index (χ3n) is 4.59. The maximum atomic E-state index is 12.2. The third-order valence-corrected chi connectivity index (χ3v) is 4.59. The van der Waals surface area contributed by atoms with Crippen LogP contribution in [0.5, 0.6) is 5.75 Å². The van der Waals surface area contributed by atoms with E-state index < -0.39 is 5.63 Å². The number of hydrogen-bond donors (Lipinski definition) is 1. The molecule has 5 heteroatoms. The predicted molar refractivity (Wildman–Crippen MR) is 110 cm³/mol. The molecule has 0 aliphatic carbocycles. The fraction of sp³-hybridized carbons (Fsp3) is 0.130. The molecule has 1 amide bonds. The van der Waals surface area contributed by atoms with Crippen molar-refractivity contribution in [1.29, 1.82) is 0 Å². The Balaban J connectivity index is 1.46. The van der Waals surface area contributed by atoms with Crippen molar-refractivity contribution in [3.05, 3.63) is 82.7 Å². The molecule has 4 aromatic rings. The number of hydrogen-bond acceptors (Lipinski definition) is 4. The Morgan fingerprint density at radius 3 is 2.64 bits per heavy atom. The smallest absolute Gasteiger partial charge is 0.336 e. The van der Waals surface area contributed by atoms with Gasteiger partial charge in [-0.25, -0.2) is 4.79 Å². The molecule has 0 unspecified atom stereocenters. The number of ether oxygens (including phenoxy) is 1. The molecular weight excluding hydrogens is 354 g/mol. The van der Waals surface area contributed by atoms with Crippen LogP contribution in [0.25, 0.3) is 21.7 Å². The average Bonchev–Trinajstić information content (AvgIpc) is 2.71. The van der Waals surface area contributed by atoms with Gasteiger partial charge in [0.05, 0.1) is 0 Å². The quantitative estimate of drug-likeness (QED) is 0.522. The monoisotopic (exact) mass is 373 g/mol. The number of amides is 1. The van der Waals surface area contributed by atoms with Crippen LogP contribution in [0.1, 0.15) is 12.5 Å². The standard InChI is InChI=1S/C23H19NO4/c1-2-15-12-23(26)28-21-13-19(9-10-20(15)21)27-14-22(25)24-18-8-7-16-5-3-4-6-17(16)11-18/h3-13H,2,14H2,1H3,(H,24,25). The molecule has 0 bridgehead atoms. The van der Waals surface area contributed by atoms with E-state index >= 15 is 0 Å². The van der Waals surface area contributed by atoms with Gasteiger partial charge in [-0.15, -0.1) is 0 Å². The Labute approximate surface area is 161 Å². The van der Waals surface area contributed by atoms with Gasteiger partial charge in [0.25, 0.3) is 5.91 Å². The fourth-order valence-electron chi connectivity index (χ4n) is 3.21. The summed E-state index contributed by atoms with van der Waals surface area (Å²) >= 11 is 0. The molecule has 0 aliphatic rings. The Morgan fingerprint density at radius 2 is 1.82 bits per heavy atom. The molecule has 1 N–H and O–H groups in total. The van der Waals surface area contributed by atoms with E-state index in [0.29, 0.717) is 17.0 Å². The summed E-state index contributed by atoms with van der Waals surface area (Å²) in [5.74, 6) is 0.205. The molecule has 140 valence electrons. The molecule has 5 nitrogen and oxygen atoms in total. The number of carbonyl (C=O) groups is 1. The van der Waals surface area contributed by atoms with Crippen LogP contribution >= 0.6 is 0 Å². The van der Waals surface area contributed by atoms with Gasteiger partial charge in [0.15, 0.2) is 6.61 Å². The first-order valence-electron chi connectivity index (χ1n) is 9.10. The summed E-state index contributed by atoms with van der Waals surface area (Å²) in [7, 11) is 0. The molecular formula is C23H19NO4. The molecule has 1 aromatic heterocycles. The molecule has 1 heterocycles. The Hall–Kier alpha value is -3.60. The maximum Gasteiger partial charge on any atom is 0.336 e. The van der Waals surface area contributed by atoms with E-state index in [4.69, 9.17) is 9.15 Å². The zero-order chi connectivity index (χ0) is 19.5. The highest BCUT2D eigenvalue weighted by atomic mass is 16.5. The number of anilines is 1. The van der Waals surface area contributed by atoms with Crippen LogP contribution in [0.15, 0.2) is 75.9 Å². The molecule has 0 saturated heterocycles. The van der Waals surface area contributed by atoms with Gasteiger partial charge < -0.3 is 14.5 Å². The molecule has 0 atom stereocenters. The highest BCUT2D eigenvalue weighted by molar-refractivity contribution is 5.95. The number of nitrogens with one attached hydrogen (secondary N) is 1. The van der Waals surface area contributed by atoms with Crippen molar-refractivity contribution in [3.63, 3.8) is 0 Å². The molecule has 0 radical (unpaired) electrons. The molecule has 28 heavy (non-hydrogen) atoms. The van der Waals surface area contributed by atoms with Crippen molar-refractivity contribution < 1.29 is 13.9 Å². The topological polar surface area (TPSA) is 68.5 Å². The van der Waals surface area contributed by atoms with E-state index in [9.17, 15) is 9.59 Å². The minimum atomic E-state index is -0.393. The Bertz CT molecular complexity index is 1230. The van der Waals surface area contributed by atoms with Gasteiger partial charge >= 0.3 is 5.63 Å². The summed E-state index contributed by atoms with van der Waals surface area (Å²) in [6, 6.07) is 20.4. The lowest BCUT2D eigenvalue weighted by Gasteiger charge is -2.09. The molecule has 0 spiro atoms. The largest absolute Gasteiger partial charge is 0.484 e. The molecule has 0 saturated carbocycles. The van der Waals surface area contributed by atoms with Gasteiger partial charge in [0, 0.05) is 23.2 Å². The van der Waals surface area contributed by atoms with E-state index in [2.05, 4.69) is 5.32 Å². The lowest BCUT2D eigenvalue weighted by molar-refractivity contribution is -0.118. The fourth-order valence-corrected chi connectivity index (χ4v) is 3.21. The first-order chi connectivity index (χ1) is 13.6. The zero-order valence-electron chi connectivity index (χ0n) is 15.4. The third kappa shape index (κ3) is 3.74. The van der Waals surface area contributed by atoms with Gasteiger partial charge in [0.2, 0.25) is 0 Å². The molecule has 3 aromatic carbocycles. The Morgan fingerprint density at radius 1 is 1.00 bits per heavy atom. The highest BCUT2D eigenvalue weighted by Crippen LogP contribution is 2.23. The number of rotatable bonds is 5. The molecule has 4 rings (SSSR count). The van der Waals surface area contributed by atoms with Crippen molar-refractivity contribution in [2.45, 2.75) is 13.3 Å². The van der Waals surface area contributed by atoms with Crippen LogP contribution in [0.2, 0.25) is 0 Å². The molecule has 0 fully saturated rings. The van der Waals surface area contributed by atoms with Gasteiger partial charge in [-0.3, -0.25) is 4.79 Å². The number of carbonyl (C=O) groups excluding carboxylic acids is 1. The van der Waals surface area contributed by atoms with Crippen molar-refractivity contribution >= 4 is 33.3 Å². The van der Waals surface area contributed by atoms with E-state index in [1.165, 1.54) is 6.07 Å². The average molecular weight is 373 g/mol. The van der Waals surface area contributed by atoms with Crippen molar-refractivity contribution in [2.24, 2.45) is 0 Å². The van der Waals surface area contributed by atoms with Crippen LogP contribution in [-0.2, 0) is 11.2 Å². The van der Waals surface area contributed by atoms with Crippen LogP contribution in [0.4, 0.5) is 5.69 Å². The predicted octanol–water partition coefficient (Wildman–Crippen LogP) is 4.53. The second-order valence-corrected chi connectivity index (χ2v) is 6.50. The van der Waals surface area contributed by atoms with Crippen LogP contribution in [0.3, 0.4) is 0 Å². The van der Waals surface area contributed by atoms with Gasteiger partial charge in [-0.2, -0.15) is 0 Å². The van der Waals surface area contributed by atoms with E-state index in [1.807, 2.05) is 55.5 Å². The van der Waals surface area contributed by atoms with Crippen molar-refractivity contribution in [2.75, 3.05) is 11.9 Å². The first-order valence-corrected chi connectivity index (χ1v) is 9.10. The minimum absolute atomic E-state index is 0.143. The highest BCUT2D eigenvalue weighted by Gasteiger charge is 2.08. The second-order valence-electron chi connectivity index (χ2n) is 6.50. The molecule has 0 aliphatic heterocycles. The van der Waals surface area contributed by atoms with Crippen molar-refractivity contribution in [1.82, 2.24) is 0 Å². The van der Waals surface area contributed by atoms with E-state index in [-0.39, 0.29) is 12.5 Å². The number of fused-ring (bicyclic) bond motifs is 2. The van der Waals surface area contributed by atoms with Crippen LogP contribution in [0, 0.1) is 0 Å². The maximum absolute atomic E-state index is 12.2. The van der Waals surface area contributed by atoms with Crippen molar-refractivity contribution in [3.8, 4) is 5.75 Å². The summed E-state index contributed by atoms with van der Waals surface area (Å²) < 4.78 is 10.8. The summed E-state index contributed by atoms with van der Waals surface area (Å²) in [6.45, 7) is 1.84. The SMILES string of the molecule is CCc1cc(=O)oc2cc(OCC(=O)Nc3ccc4ccccc4c3)ccc12. The van der Waals surface area contributed by atoms with E-state index in [0.717, 1.165) is 28.1 Å². The summed E-state index contributed by atoms with van der Waals surface area (Å²) in [4.78, 5) is 23.9. The summed E-state index contributed by atoms with van der Waals surface area (Å²) in [5.41, 5.74) is 1.70. The van der Waals surface area contributed by atoms with Crippen LogP contribution in [-0.4, -0.2) is 12.5 Å².